The number of hydrogen-bond acceptors (Lipinski definition) is 5. The lowest BCUT2D eigenvalue weighted by Gasteiger charge is -2.05. The van der Waals surface area contributed by atoms with Crippen molar-refractivity contribution in [3.63, 3.8) is 0 Å². The van der Waals surface area contributed by atoms with Gasteiger partial charge in [0.05, 0.1) is 21.3 Å². The van der Waals surface area contributed by atoms with Crippen molar-refractivity contribution in [3.8, 4) is 11.3 Å². The minimum Gasteiger partial charge on any atom is -0.452 e. The molecule has 3 rings (SSSR count). The van der Waals surface area contributed by atoms with E-state index >= 15 is 0 Å². The van der Waals surface area contributed by atoms with Gasteiger partial charge in [0, 0.05) is 15.4 Å². The molecule has 1 heterocycles. The Labute approximate surface area is 177 Å². The molecule has 3 aromatic rings. The zero-order chi connectivity index (χ0) is 19.4. The smallest absolute Gasteiger partial charge is 0.338 e. The van der Waals surface area contributed by atoms with Crippen LogP contribution in [-0.4, -0.2) is 23.5 Å². The molecule has 138 valence electrons. The molecule has 1 N–H and O–H groups in total. The molecule has 0 unspecified atom stereocenters. The highest BCUT2D eigenvalue weighted by atomic mass is 79.9. The van der Waals surface area contributed by atoms with Gasteiger partial charge in [-0.25, -0.2) is 9.78 Å². The third-order valence-electron chi connectivity index (χ3n) is 3.36. The molecule has 1 aromatic heterocycles. The fourth-order valence-corrected chi connectivity index (χ4v) is 3.54. The van der Waals surface area contributed by atoms with Crippen LogP contribution >= 0.6 is 50.5 Å². The molecule has 5 nitrogen and oxygen atoms in total. The minimum absolute atomic E-state index is 0.211. The lowest BCUT2D eigenvalue weighted by molar-refractivity contribution is -0.119. The number of esters is 1. The number of hydrogen-bond donors (Lipinski definition) is 1. The summed E-state index contributed by atoms with van der Waals surface area (Å²) in [6.07, 6.45) is 0. The summed E-state index contributed by atoms with van der Waals surface area (Å²) in [5, 5.41) is 5.42. The molecule has 0 fully saturated rings. The predicted octanol–water partition coefficient (Wildman–Crippen LogP) is 5.67. The van der Waals surface area contributed by atoms with Gasteiger partial charge in [0.15, 0.2) is 11.7 Å². The molecular weight excluding hydrogens is 475 g/mol. The van der Waals surface area contributed by atoms with Crippen LogP contribution in [0.1, 0.15) is 10.4 Å². The number of carbonyl (C=O) groups is 2. The van der Waals surface area contributed by atoms with Gasteiger partial charge in [-0.05, 0) is 30.3 Å². The number of halogens is 3. The number of aromatic nitrogens is 1. The van der Waals surface area contributed by atoms with Crippen LogP contribution in [0.4, 0.5) is 5.13 Å². The van der Waals surface area contributed by atoms with E-state index in [1.54, 1.807) is 0 Å². The molecule has 0 aliphatic carbocycles. The number of thiazole rings is 1. The van der Waals surface area contributed by atoms with Gasteiger partial charge in [-0.1, -0.05) is 51.3 Å². The summed E-state index contributed by atoms with van der Waals surface area (Å²) in [5.41, 5.74) is 1.87. The Hall–Kier alpha value is -1.93. The first-order valence-corrected chi connectivity index (χ1v) is 9.99. The average molecular weight is 486 g/mol. The molecule has 27 heavy (non-hydrogen) atoms. The normalized spacial score (nSPS) is 10.5. The van der Waals surface area contributed by atoms with E-state index in [2.05, 4.69) is 26.2 Å². The minimum atomic E-state index is -0.669. The fourth-order valence-electron chi connectivity index (χ4n) is 2.10. The van der Waals surface area contributed by atoms with E-state index in [0.29, 0.717) is 10.2 Å². The SMILES string of the molecule is O=C(COC(=O)c1ccc(Cl)c(Cl)c1)Nc1nc(-c2cccc(Br)c2)cs1. The van der Waals surface area contributed by atoms with Crippen LogP contribution in [-0.2, 0) is 9.53 Å². The molecule has 9 heteroatoms. The van der Waals surface area contributed by atoms with Gasteiger partial charge in [0.25, 0.3) is 5.91 Å². The number of anilines is 1. The first-order chi connectivity index (χ1) is 12.9. The number of rotatable bonds is 5. The Morgan fingerprint density at radius 2 is 1.96 bits per heavy atom. The maximum Gasteiger partial charge on any atom is 0.338 e. The largest absolute Gasteiger partial charge is 0.452 e. The van der Waals surface area contributed by atoms with Crippen LogP contribution in [0, 0.1) is 0 Å². The summed E-state index contributed by atoms with van der Waals surface area (Å²) in [4.78, 5) is 28.3. The Morgan fingerprint density at radius 1 is 1.15 bits per heavy atom. The Kier molecular flexibility index (Phi) is 6.49. The highest BCUT2D eigenvalue weighted by Crippen LogP contribution is 2.27. The summed E-state index contributed by atoms with van der Waals surface area (Å²) < 4.78 is 5.92. The lowest BCUT2D eigenvalue weighted by Crippen LogP contribution is -2.20. The van der Waals surface area contributed by atoms with E-state index in [0.717, 1.165) is 15.7 Å². The number of ether oxygens (including phenoxy) is 1. The number of benzene rings is 2. The van der Waals surface area contributed by atoms with Crippen LogP contribution in [0.15, 0.2) is 52.3 Å². The Bertz CT molecular complexity index is 1010. The summed E-state index contributed by atoms with van der Waals surface area (Å²) >= 11 is 16.4. The summed E-state index contributed by atoms with van der Waals surface area (Å²) in [5.74, 6) is -1.16. The van der Waals surface area contributed by atoms with Gasteiger partial charge >= 0.3 is 5.97 Å². The van der Waals surface area contributed by atoms with Gasteiger partial charge in [-0.2, -0.15) is 0 Å². The summed E-state index contributed by atoms with van der Waals surface area (Å²) in [6.45, 7) is -0.440. The topological polar surface area (TPSA) is 68.3 Å². The molecule has 0 atom stereocenters. The number of carbonyl (C=O) groups excluding carboxylic acids is 2. The molecule has 2 aromatic carbocycles. The zero-order valence-electron chi connectivity index (χ0n) is 13.5. The highest BCUT2D eigenvalue weighted by Gasteiger charge is 2.13. The second kappa shape index (κ2) is 8.84. The molecule has 0 radical (unpaired) electrons. The second-order valence-corrected chi connectivity index (χ2v) is 7.89. The molecule has 0 saturated heterocycles. The van der Waals surface area contributed by atoms with Gasteiger partial charge in [0.1, 0.15) is 0 Å². The second-order valence-electron chi connectivity index (χ2n) is 5.30. The van der Waals surface area contributed by atoms with Gasteiger partial charge < -0.3 is 4.74 Å². The summed E-state index contributed by atoms with van der Waals surface area (Å²) in [6, 6.07) is 12.0. The zero-order valence-corrected chi connectivity index (χ0v) is 17.5. The van der Waals surface area contributed by atoms with E-state index in [4.69, 9.17) is 27.9 Å². The van der Waals surface area contributed by atoms with E-state index in [1.165, 1.54) is 29.5 Å². The molecule has 0 aliphatic rings. The molecule has 0 bridgehead atoms. The van der Waals surface area contributed by atoms with Crippen molar-refractivity contribution >= 4 is 67.5 Å². The van der Waals surface area contributed by atoms with Crippen molar-refractivity contribution in [2.45, 2.75) is 0 Å². The van der Waals surface area contributed by atoms with Crippen LogP contribution in [0.3, 0.4) is 0 Å². The van der Waals surface area contributed by atoms with Crippen LogP contribution in [0.5, 0.6) is 0 Å². The highest BCUT2D eigenvalue weighted by molar-refractivity contribution is 9.10. The third kappa shape index (κ3) is 5.29. The van der Waals surface area contributed by atoms with Crippen LogP contribution in [0.25, 0.3) is 11.3 Å². The van der Waals surface area contributed by atoms with Gasteiger partial charge in [-0.15, -0.1) is 11.3 Å². The van der Waals surface area contributed by atoms with E-state index in [-0.39, 0.29) is 10.6 Å². The van der Waals surface area contributed by atoms with E-state index in [9.17, 15) is 9.59 Å². The average Bonchev–Trinajstić information content (AvgIpc) is 3.10. The maximum absolute atomic E-state index is 12.0. The van der Waals surface area contributed by atoms with Crippen molar-refractivity contribution < 1.29 is 14.3 Å². The van der Waals surface area contributed by atoms with Crippen molar-refractivity contribution in [3.05, 3.63) is 67.9 Å². The van der Waals surface area contributed by atoms with E-state index < -0.39 is 18.5 Å². The molecule has 0 spiro atoms. The van der Waals surface area contributed by atoms with Crippen molar-refractivity contribution in [1.82, 2.24) is 4.98 Å². The monoisotopic (exact) mass is 484 g/mol. The number of nitrogens with zero attached hydrogens (tertiary/aromatic N) is 1. The first-order valence-electron chi connectivity index (χ1n) is 7.56. The van der Waals surface area contributed by atoms with Crippen molar-refractivity contribution in [1.29, 1.82) is 0 Å². The molecule has 0 saturated carbocycles. The standard InChI is InChI=1S/C18H11BrCl2N2O3S/c19-12-3-1-2-10(6-12)15-9-27-18(22-15)23-16(24)8-26-17(25)11-4-5-13(20)14(21)7-11/h1-7,9H,8H2,(H,22,23,24). The number of amides is 1. The molecule has 0 aliphatic heterocycles. The Morgan fingerprint density at radius 3 is 2.70 bits per heavy atom. The molecular formula is C18H11BrCl2N2O3S. The summed E-state index contributed by atoms with van der Waals surface area (Å²) in [7, 11) is 0. The van der Waals surface area contributed by atoms with Crippen molar-refractivity contribution in [2.24, 2.45) is 0 Å². The number of nitrogens with one attached hydrogen (secondary N) is 1. The van der Waals surface area contributed by atoms with Crippen LogP contribution < -0.4 is 5.32 Å². The van der Waals surface area contributed by atoms with Gasteiger partial charge in [-0.3, -0.25) is 10.1 Å². The fraction of sp³-hybridized carbons (Fsp3) is 0.0556. The quantitative estimate of drug-likeness (QED) is 0.472. The van der Waals surface area contributed by atoms with E-state index in [1.807, 2.05) is 29.6 Å². The first kappa shape index (κ1) is 19.8. The van der Waals surface area contributed by atoms with Crippen molar-refractivity contribution in [2.75, 3.05) is 11.9 Å². The predicted molar refractivity (Wildman–Crippen MR) is 111 cm³/mol. The third-order valence-corrected chi connectivity index (χ3v) is 5.35. The van der Waals surface area contributed by atoms with Gasteiger partial charge in [0.2, 0.25) is 0 Å². The van der Waals surface area contributed by atoms with Crippen LogP contribution in [0.2, 0.25) is 10.0 Å². The lowest BCUT2D eigenvalue weighted by atomic mass is 10.2. The molecule has 1 amide bonds. The maximum atomic E-state index is 12.0. The Balaban J connectivity index is 1.56.